The molecule has 0 spiro atoms. The fourth-order valence-electron chi connectivity index (χ4n) is 4.51. The molecule has 0 bridgehead atoms. The maximum absolute atomic E-state index is 13.6. The predicted molar refractivity (Wildman–Crippen MR) is 120 cm³/mol. The van der Waals surface area contributed by atoms with Gasteiger partial charge in [-0.2, -0.15) is 4.98 Å². The van der Waals surface area contributed by atoms with Crippen LogP contribution in [0.15, 0.2) is 53.3 Å². The van der Waals surface area contributed by atoms with E-state index in [4.69, 9.17) is 0 Å². The van der Waals surface area contributed by atoms with Crippen LogP contribution in [0.3, 0.4) is 0 Å². The van der Waals surface area contributed by atoms with E-state index in [1.165, 1.54) is 10.1 Å². The minimum absolute atomic E-state index is 0.0610. The van der Waals surface area contributed by atoms with Crippen molar-refractivity contribution in [1.82, 2.24) is 9.55 Å². The van der Waals surface area contributed by atoms with Crippen LogP contribution in [0.25, 0.3) is 22.2 Å². The second-order valence-corrected chi connectivity index (χ2v) is 7.96. The van der Waals surface area contributed by atoms with E-state index in [9.17, 15) is 9.59 Å². The lowest BCUT2D eigenvalue weighted by Crippen LogP contribution is -2.24. The fourth-order valence-corrected chi connectivity index (χ4v) is 4.51. The number of aromatic nitrogens is 2. The van der Waals surface area contributed by atoms with Crippen molar-refractivity contribution in [3.05, 3.63) is 86.8 Å². The van der Waals surface area contributed by atoms with Crippen molar-refractivity contribution in [2.24, 2.45) is 7.05 Å². The zero-order valence-electron chi connectivity index (χ0n) is 17.3. The van der Waals surface area contributed by atoms with Crippen molar-refractivity contribution in [1.29, 1.82) is 0 Å². The highest BCUT2D eigenvalue weighted by Gasteiger charge is 2.30. The highest BCUT2D eigenvalue weighted by atomic mass is 16.1. The Morgan fingerprint density at radius 3 is 2.27 bits per heavy atom. The van der Waals surface area contributed by atoms with Gasteiger partial charge < -0.3 is 5.32 Å². The predicted octanol–water partition coefficient (Wildman–Crippen LogP) is 4.81. The Balaban J connectivity index is 1.85. The van der Waals surface area contributed by atoms with Gasteiger partial charge >= 0.3 is 5.69 Å². The molecule has 0 aliphatic heterocycles. The first-order valence-corrected chi connectivity index (χ1v) is 9.89. The zero-order valence-corrected chi connectivity index (χ0v) is 17.3. The summed E-state index contributed by atoms with van der Waals surface area (Å²) in [7, 11) is 1.69. The Morgan fingerprint density at radius 2 is 1.57 bits per heavy atom. The second-order valence-electron chi connectivity index (χ2n) is 7.96. The van der Waals surface area contributed by atoms with Crippen molar-refractivity contribution < 1.29 is 4.79 Å². The van der Waals surface area contributed by atoms with Gasteiger partial charge in [0, 0.05) is 29.2 Å². The molecule has 5 heteroatoms. The molecule has 5 nitrogen and oxygen atoms in total. The molecule has 0 radical (unpaired) electrons. The Kier molecular flexibility index (Phi) is 3.90. The lowest BCUT2D eigenvalue weighted by Gasteiger charge is -2.23. The van der Waals surface area contributed by atoms with Crippen LogP contribution in [0.4, 0.5) is 11.4 Å². The molecule has 0 fully saturated rings. The highest BCUT2D eigenvalue weighted by Crippen LogP contribution is 2.41. The molecule has 1 N–H and O–H groups in total. The molecular weight excluding hydrogens is 374 g/mol. The number of nitrogens with zero attached hydrogens (tertiary/aromatic N) is 2. The van der Waals surface area contributed by atoms with Crippen LogP contribution in [0.2, 0.25) is 0 Å². The SMILES string of the molecule is Cc1cc(C)c(Nc2ccc3c4c(nc(=O)n3C)-c3ccccc3C(=O)c24)c(C)c1. The summed E-state index contributed by atoms with van der Waals surface area (Å²) >= 11 is 0. The molecule has 0 unspecified atom stereocenters. The number of aryl methyl sites for hydroxylation is 4. The van der Waals surface area contributed by atoms with Crippen molar-refractivity contribution in [3.8, 4) is 11.3 Å². The molecular formula is C25H21N3O2. The van der Waals surface area contributed by atoms with Gasteiger partial charge in [-0.3, -0.25) is 9.36 Å². The summed E-state index contributed by atoms with van der Waals surface area (Å²) < 4.78 is 1.50. The van der Waals surface area contributed by atoms with Gasteiger partial charge in [0.2, 0.25) is 0 Å². The standard InChI is InChI=1S/C25H21N3O2/c1-13-11-14(2)22(15(3)12-13)26-18-9-10-19-21-20(18)24(29)17-8-6-5-7-16(17)23(21)27-25(30)28(19)4/h5-12,26H,1-4H3. The van der Waals surface area contributed by atoms with Crippen molar-refractivity contribution in [2.75, 3.05) is 5.32 Å². The molecule has 1 aliphatic rings. The molecule has 0 atom stereocenters. The van der Waals surface area contributed by atoms with Gasteiger partial charge in [-0.1, -0.05) is 42.0 Å². The third-order valence-corrected chi connectivity index (χ3v) is 5.87. The number of carbonyl (C=O) groups is 1. The summed E-state index contributed by atoms with van der Waals surface area (Å²) in [4.78, 5) is 30.4. The number of hydrogen-bond acceptors (Lipinski definition) is 4. The van der Waals surface area contributed by atoms with Crippen molar-refractivity contribution in [2.45, 2.75) is 20.8 Å². The number of ketones is 1. The van der Waals surface area contributed by atoms with E-state index in [0.717, 1.165) is 22.5 Å². The minimum atomic E-state index is -0.335. The van der Waals surface area contributed by atoms with Gasteiger partial charge in [-0.25, -0.2) is 4.79 Å². The van der Waals surface area contributed by atoms with E-state index in [2.05, 4.69) is 43.2 Å². The minimum Gasteiger partial charge on any atom is -0.354 e. The number of nitrogens with one attached hydrogen (secondary N) is 1. The van der Waals surface area contributed by atoms with E-state index >= 15 is 0 Å². The van der Waals surface area contributed by atoms with Crippen LogP contribution in [-0.2, 0) is 7.05 Å². The van der Waals surface area contributed by atoms with Gasteiger partial charge in [-0.05, 0) is 44.0 Å². The van der Waals surface area contributed by atoms with E-state index in [1.807, 2.05) is 30.3 Å². The summed E-state index contributed by atoms with van der Waals surface area (Å²) in [6, 6.07) is 15.4. The molecule has 5 rings (SSSR count). The number of rotatable bonds is 2. The highest BCUT2D eigenvalue weighted by molar-refractivity contribution is 6.27. The third-order valence-electron chi connectivity index (χ3n) is 5.87. The first-order valence-electron chi connectivity index (χ1n) is 9.89. The summed E-state index contributed by atoms with van der Waals surface area (Å²) in [5, 5.41) is 4.22. The molecule has 1 heterocycles. The van der Waals surface area contributed by atoms with E-state index < -0.39 is 0 Å². The Bertz CT molecular complexity index is 1420. The third kappa shape index (κ3) is 2.52. The normalized spacial score (nSPS) is 12.2. The Hall–Kier alpha value is -3.73. The summed E-state index contributed by atoms with van der Waals surface area (Å²) in [6.07, 6.45) is 0. The molecule has 30 heavy (non-hydrogen) atoms. The van der Waals surface area contributed by atoms with Gasteiger partial charge in [0.05, 0.1) is 22.5 Å². The average molecular weight is 395 g/mol. The molecule has 4 aromatic rings. The van der Waals surface area contributed by atoms with Crippen LogP contribution < -0.4 is 11.0 Å². The van der Waals surface area contributed by atoms with Crippen molar-refractivity contribution >= 4 is 28.1 Å². The number of benzene rings is 3. The number of fused-ring (bicyclic) bond motifs is 2. The van der Waals surface area contributed by atoms with Crippen LogP contribution in [0.1, 0.15) is 32.6 Å². The zero-order chi connectivity index (χ0) is 21.2. The first kappa shape index (κ1) is 18.3. The molecule has 0 amide bonds. The number of hydrogen-bond donors (Lipinski definition) is 1. The van der Waals surface area contributed by atoms with E-state index in [1.54, 1.807) is 13.1 Å². The smallest absolute Gasteiger partial charge is 0.348 e. The lowest BCUT2D eigenvalue weighted by molar-refractivity contribution is 0.104. The van der Waals surface area contributed by atoms with Crippen LogP contribution in [0.5, 0.6) is 0 Å². The van der Waals surface area contributed by atoms with Crippen molar-refractivity contribution in [3.63, 3.8) is 0 Å². The molecule has 148 valence electrons. The quantitative estimate of drug-likeness (QED) is 0.466. The van der Waals surface area contributed by atoms with Crippen LogP contribution >= 0.6 is 0 Å². The van der Waals surface area contributed by atoms with E-state index in [-0.39, 0.29) is 11.5 Å². The van der Waals surface area contributed by atoms with Gasteiger partial charge in [-0.15, -0.1) is 0 Å². The fraction of sp³-hybridized carbons (Fsp3) is 0.160. The molecule has 1 aliphatic carbocycles. The second kappa shape index (κ2) is 6.39. The largest absolute Gasteiger partial charge is 0.354 e. The molecule has 0 saturated heterocycles. The maximum Gasteiger partial charge on any atom is 0.348 e. The number of anilines is 2. The molecule has 3 aromatic carbocycles. The van der Waals surface area contributed by atoms with Gasteiger partial charge in [0.1, 0.15) is 0 Å². The monoisotopic (exact) mass is 395 g/mol. The first-order chi connectivity index (χ1) is 14.4. The van der Waals surface area contributed by atoms with Gasteiger partial charge in [0.15, 0.2) is 5.78 Å². The van der Waals surface area contributed by atoms with Crippen LogP contribution in [0, 0.1) is 20.8 Å². The summed E-state index contributed by atoms with van der Waals surface area (Å²) in [6.45, 7) is 6.19. The van der Waals surface area contributed by atoms with Crippen LogP contribution in [-0.4, -0.2) is 15.3 Å². The Morgan fingerprint density at radius 1 is 0.900 bits per heavy atom. The molecule has 0 saturated carbocycles. The van der Waals surface area contributed by atoms with Gasteiger partial charge in [0.25, 0.3) is 0 Å². The summed E-state index contributed by atoms with van der Waals surface area (Å²) in [5.41, 5.74) is 7.90. The maximum atomic E-state index is 13.6. The lowest BCUT2D eigenvalue weighted by atomic mass is 9.85. The summed E-state index contributed by atoms with van der Waals surface area (Å²) in [5.74, 6) is -0.0610. The topological polar surface area (TPSA) is 64.0 Å². The average Bonchev–Trinajstić information content (AvgIpc) is 2.72. The Labute approximate surface area is 174 Å². The molecule has 1 aromatic heterocycles. The number of carbonyl (C=O) groups excluding carboxylic acids is 1. The van der Waals surface area contributed by atoms with E-state index in [0.29, 0.717) is 33.3 Å².